The molecule has 0 atom stereocenters. The quantitative estimate of drug-likeness (QED) is 0.0660. The molecular formula is C32H67O3P. The molecule has 4 heteroatoms. The summed E-state index contributed by atoms with van der Waals surface area (Å²) < 4.78 is 25.3. The summed E-state index contributed by atoms with van der Waals surface area (Å²) in [6.07, 6.45) is 34.0. The first kappa shape index (κ1) is 36.1. The van der Waals surface area contributed by atoms with E-state index in [0.717, 1.165) is 25.7 Å². The summed E-state index contributed by atoms with van der Waals surface area (Å²) >= 11 is 0. The molecule has 0 saturated heterocycles. The van der Waals surface area contributed by atoms with Crippen LogP contribution in [0.2, 0.25) is 0 Å². The fourth-order valence-corrected chi connectivity index (χ4v) is 6.60. The van der Waals surface area contributed by atoms with Gasteiger partial charge in [-0.05, 0) is 19.3 Å². The van der Waals surface area contributed by atoms with E-state index in [2.05, 4.69) is 20.8 Å². The second-order valence-electron chi connectivity index (χ2n) is 11.1. The van der Waals surface area contributed by atoms with Crippen molar-refractivity contribution in [3.8, 4) is 0 Å². The third-order valence-corrected chi connectivity index (χ3v) is 9.37. The van der Waals surface area contributed by atoms with Gasteiger partial charge in [0, 0.05) is 0 Å². The molecule has 0 bridgehead atoms. The molecule has 0 radical (unpaired) electrons. The lowest BCUT2D eigenvalue weighted by atomic mass is 10.1. The highest BCUT2D eigenvalue weighted by atomic mass is 31.2. The van der Waals surface area contributed by atoms with E-state index in [4.69, 9.17) is 9.05 Å². The normalized spacial score (nSPS) is 12.0. The van der Waals surface area contributed by atoms with Crippen molar-refractivity contribution in [2.24, 2.45) is 0 Å². The van der Waals surface area contributed by atoms with Crippen molar-refractivity contribution in [2.45, 2.75) is 188 Å². The molecule has 218 valence electrons. The summed E-state index contributed by atoms with van der Waals surface area (Å²) in [6, 6.07) is 0. The van der Waals surface area contributed by atoms with Gasteiger partial charge in [-0.3, -0.25) is 4.57 Å². The van der Waals surface area contributed by atoms with Crippen LogP contribution in [-0.2, 0) is 13.6 Å². The van der Waals surface area contributed by atoms with E-state index < -0.39 is 7.60 Å². The van der Waals surface area contributed by atoms with Crippen molar-refractivity contribution >= 4 is 7.60 Å². The molecule has 0 saturated carbocycles. The van der Waals surface area contributed by atoms with Crippen molar-refractivity contribution in [1.29, 1.82) is 0 Å². The largest absolute Gasteiger partial charge is 0.330 e. The van der Waals surface area contributed by atoms with Gasteiger partial charge in [0.1, 0.15) is 0 Å². The van der Waals surface area contributed by atoms with Crippen LogP contribution in [0.4, 0.5) is 0 Å². The maximum atomic E-state index is 13.4. The van der Waals surface area contributed by atoms with Gasteiger partial charge in [-0.2, -0.15) is 0 Å². The third kappa shape index (κ3) is 27.2. The van der Waals surface area contributed by atoms with Crippen LogP contribution >= 0.6 is 7.60 Å². The molecule has 0 aromatic rings. The first-order valence-electron chi connectivity index (χ1n) is 16.6. The Labute approximate surface area is 228 Å². The van der Waals surface area contributed by atoms with E-state index in [1.807, 2.05) is 0 Å². The number of rotatable bonds is 31. The molecular weight excluding hydrogens is 463 g/mol. The van der Waals surface area contributed by atoms with Crippen LogP contribution in [0.15, 0.2) is 0 Å². The predicted octanol–water partition coefficient (Wildman–Crippen LogP) is 12.4. The molecule has 0 aliphatic heterocycles. The lowest BCUT2D eigenvalue weighted by molar-refractivity contribution is 0.197. The first-order chi connectivity index (χ1) is 17.7. The predicted molar refractivity (Wildman–Crippen MR) is 161 cm³/mol. The Balaban J connectivity index is 3.98. The number of hydrogen-bond acceptors (Lipinski definition) is 3. The molecule has 0 rings (SSSR count). The summed E-state index contributed by atoms with van der Waals surface area (Å²) in [5, 5.41) is 0. The molecule has 0 aromatic heterocycles. The average Bonchev–Trinajstić information content (AvgIpc) is 2.88. The summed E-state index contributed by atoms with van der Waals surface area (Å²) in [6.45, 7) is 8.00. The monoisotopic (exact) mass is 530 g/mol. The summed E-state index contributed by atoms with van der Waals surface area (Å²) in [5.41, 5.74) is 0. The minimum Gasteiger partial charge on any atom is -0.309 e. The molecule has 3 nitrogen and oxygen atoms in total. The average molecular weight is 531 g/mol. The Hall–Kier alpha value is 0.150. The van der Waals surface area contributed by atoms with Crippen molar-refractivity contribution in [1.82, 2.24) is 0 Å². The zero-order valence-electron chi connectivity index (χ0n) is 25.2. The zero-order valence-corrected chi connectivity index (χ0v) is 26.1. The minimum absolute atomic E-state index is 0.599. The molecule has 36 heavy (non-hydrogen) atoms. The lowest BCUT2D eigenvalue weighted by Crippen LogP contribution is -2.04. The number of unbranched alkanes of at least 4 members (excludes halogenated alkanes) is 23. The van der Waals surface area contributed by atoms with Crippen LogP contribution < -0.4 is 0 Å². The molecule has 0 spiro atoms. The third-order valence-electron chi connectivity index (χ3n) is 7.36. The van der Waals surface area contributed by atoms with Gasteiger partial charge in [-0.25, -0.2) is 0 Å². The first-order valence-corrected chi connectivity index (χ1v) is 18.3. The van der Waals surface area contributed by atoms with Gasteiger partial charge in [-0.15, -0.1) is 0 Å². The van der Waals surface area contributed by atoms with Crippen molar-refractivity contribution in [3.05, 3.63) is 0 Å². The van der Waals surface area contributed by atoms with E-state index in [9.17, 15) is 4.57 Å². The van der Waals surface area contributed by atoms with Gasteiger partial charge in [0.15, 0.2) is 0 Å². The summed E-state index contributed by atoms with van der Waals surface area (Å²) in [4.78, 5) is 0. The minimum atomic E-state index is -2.93. The van der Waals surface area contributed by atoms with Gasteiger partial charge in [0.2, 0.25) is 0 Å². The van der Waals surface area contributed by atoms with E-state index in [1.165, 1.54) is 141 Å². The van der Waals surface area contributed by atoms with Crippen LogP contribution in [0.5, 0.6) is 0 Å². The Bertz CT molecular complexity index is 425. The topological polar surface area (TPSA) is 35.5 Å². The maximum Gasteiger partial charge on any atom is 0.330 e. The van der Waals surface area contributed by atoms with E-state index in [1.54, 1.807) is 0 Å². The second-order valence-corrected chi connectivity index (χ2v) is 13.3. The standard InChI is InChI=1S/C32H67O3P/c1-4-7-10-13-16-18-20-22-24-27-30-34-36(33,32-29-26-15-12-9-6-3)35-31-28-25-23-21-19-17-14-11-8-5-2/h4-32H2,1-3H3. The maximum absolute atomic E-state index is 13.4. The van der Waals surface area contributed by atoms with Gasteiger partial charge >= 0.3 is 7.60 Å². The fourth-order valence-electron chi connectivity index (χ4n) is 4.84. The highest BCUT2D eigenvalue weighted by Crippen LogP contribution is 2.49. The van der Waals surface area contributed by atoms with Gasteiger partial charge in [0.05, 0.1) is 19.4 Å². The van der Waals surface area contributed by atoms with Crippen LogP contribution in [0.1, 0.15) is 188 Å². The van der Waals surface area contributed by atoms with Gasteiger partial charge < -0.3 is 9.05 Å². The molecule has 0 aliphatic carbocycles. The molecule has 0 heterocycles. The fraction of sp³-hybridized carbons (Fsp3) is 1.00. The molecule has 0 aliphatic rings. The number of hydrogen-bond donors (Lipinski definition) is 0. The molecule has 0 N–H and O–H groups in total. The molecule has 0 aromatic carbocycles. The van der Waals surface area contributed by atoms with Crippen molar-refractivity contribution in [2.75, 3.05) is 19.4 Å². The second kappa shape index (κ2) is 29.7. The smallest absolute Gasteiger partial charge is 0.309 e. The zero-order chi connectivity index (χ0) is 26.4. The van der Waals surface area contributed by atoms with E-state index in [-0.39, 0.29) is 0 Å². The van der Waals surface area contributed by atoms with Crippen LogP contribution in [0.25, 0.3) is 0 Å². The van der Waals surface area contributed by atoms with E-state index in [0.29, 0.717) is 19.4 Å². The molecule has 0 unspecified atom stereocenters. The highest BCUT2D eigenvalue weighted by molar-refractivity contribution is 7.53. The Kier molecular flexibility index (Phi) is 29.8. The Morgan fingerprint density at radius 3 is 0.917 bits per heavy atom. The molecule has 0 fully saturated rings. The SMILES string of the molecule is CCCCCCCCCCCCOP(=O)(CCCCCCCC)OCCCCCCCCCCCC. The van der Waals surface area contributed by atoms with Gasteiger partial charge in [-0.1, -0.05) is 168 Å². The molecule has 0 amide bonds. The van der Waals surface area contributed by atoms with Crippen LogP contribution in [0.3, 0.4) is 0 Å². The van der Waals surface area contributed by atoms with Crippen LogP contribution in [-0.4, -0.2) is 19.4 Å². The van der Waals surface area contributed by atoms with E-state index >= 15 is 0 Å². The van der Waals surface area contributed by atoms with Crippen molar-refractivity contribution in [3.63, 3.8) is 0 Å². The summed E-state index contributed by atoms with van der Waals surface area (Å²) in [5.74, 6) is 0. The van der Waals surface area contributed by atoms with Crippen LogP contribution in [0, 0.1) is 0 Å². The highest BCUT2D eigenvalue weighted by Gasteiger charge is 2.23. The summed E-state index contributed by atoms with van der Waals surface area (Å²) in [7, 11) is -2.93. The van der Waals surface area contributed by atoms with Gasteiger partial charge in [0.25, 0.3) is 0 Å². The Morgan fingerprint density at radius 2 is 0.611 bits per heavy atom. The lowest BCUT2D eigenvalue weighted by Gasteiger charge is -2.19. The Morgan fingerprint density at radius 1 is 0.361 bits per heavy atom. The van der Waals surface area contributed by atoms with Crippen molar-refractivity contribution < 1.29 is 13.6 Å².